The van der Waals surface area contributed by atoms with E-state index in [9.17, 15) is 13.6 Å². The summed E-state index contributed by atoms with van der Waals surface area (Å²) in [5, 5.41) is 3.92. The van der Waals surface area contributed by atoms with Crippen molar-refractivity contribution in [3.63, 3.8) is 0 Å². The molecule has 0 aliphatic carbocycles. The molecule has 1 N–H and O–H groups in total. The highest BCUT2D eigenvalue weighted by Crippen LogP contribution is 2.19. The van der Waals surface area contributed by atoms with Gasteiger partial charge in [-0.25, -0.2) is 8.78 Å². The van der Waals surface area contributed by atoms with Crippen LogP contribution < -0.4 is 5.32 Å². The molecule has 0 aliphatic rings. The maximum Gasteiger partial charge on any atom is 0.265 e. The molecule has 0 radical (unpaired) electrons. The van der Waals surface area contributed by atoms with E-state index in [1.54, 1.807) is 17.5 Å². The molecule has 16 heavy (non-hydrogen) atoms. The van der Waals surface area contributed by atoms with Gasteiger partial charge in [-0.1, -0.05) is 12.1 Å². The number of anilines is 1. The summed E-state index contributed by atoms with van der Waals surface area (Å²) in [6.07, 6.45) is 0. The lowest BCUT2D eigenvalue weighted by atomic mass is 10.3. The molecule has 2 rings (SSSR count). The molecule has 1 aromatic heterocycles. The molecule has 0 atom stereocenters. The fourth-order valence-corrected chi connectivity index (χ4v) is 1.82. The number of thiophene rings is 1. The van der Waals surface area contributed by atoms with Crippen molar-refractivity contribution in [1.82, 2.24) is 0 Å². The van der Waals surface area contributed by atoms with Gasteiger partial charge in [0.1, 0.15) is 17.3 Å². The Bertz CT molecular complexity index is 490. The number of carbonyl (C=O) groups excluding carboxylic acids is 1. The highest BCUT2D eigenvalue weighted by molar-refractivity contribution is 7.12. The fraction of sp³-hybridized carbons (Fsp3) is 0. The van der Waals surface area contributed by atoms with Gasteiger partial charge in [0.15, 0.2) is 0 Å². The van der Waals surface area contributed by atoms with Crippen LogP contribution in [0.15, 0.2) is 35.7 Å². The fourth-order valence-electron chi connectivity index (χ4n) is 1.20. The molecule has 0 aliphatic heterocycles. The number of nitrogens with one attached hydrogen (secondary N) is 1. The average molecular weight is 239 g/mol. The average Bonchev–Trinajstić information content (AvgIpc) is 2.76. The van der Waals surface area contributed by atoms with Crippen LogP contribution in [0.25, 0.3) is 0 Å². The number of carbonyl (C=O) groups is 1. The number of halogens is 2. The van der Waals surface area contributed by atoms with Crippen LogP contribution in [0.1, 0.15) is 9.67 Å². The second-order valence-electron chi connectivity index (χ2n) is 3.03. The Balaban J connectivity index is 2.25. The summed E-state index contributed by atoms with van der Waals surface area (Å²) in [6, 6.07) is 6.70. The second-order valence-corrected chi connectivity index (χ2v) is 3.98. The maximum atomic E-state index is 13.2. The van der Waals surface area contributed by atoms with E-state index < -0.39 is 23.2 Å². The van der Waals surface area contributed by atoms with Gasteiger partial charge >= 0.3 is 0 Å². The smallest absolute Gasteiger partial charge is 0.265 e. The van der Waals surface area contributed by atoms with Gasteiger partial charge in [-0.05, 0) is 23.6 Å². The lowest BCUT2D eigenvalue weighted by Gasteiger charge is -2.05. The first-order chi connectivity index (χ1) is 7.68. The van der Waals surface area contributed by atoms with Gasteiger partial charge in [-0.2, -0.15) is 0 Å². The van der Waals surface area contributed by atoms with Crippen LogP contribution in [0.4, 0.5) is 14.5 Å². The van der Waals surface area contributed by atoms with Crippen LogP contribution in [0.2, 0.25) is 0 Å². The van der Waals surface area contributed by atoms with Crippen molar-refractivity contribution in [1.29, 1.82) is 0 Å². The standard InChI is InChI=1S/C11H7F2NOS/c12-7-3-1-4-8(13)10(7)14-11(15)9-5-2-6-16-9/h1-6H,(H,14,15). The molecule has 82 valence electrons. The summed E-state index contributed by atoms with van der Waals surface area (Å²) in [4.78, 5) is 12.0. The molecule has 0 bridgehead atoms. The van der Waals surface area contributed by atoms with Crippen molar-refractivity contribution in [2.24, 2.45) is 0 Å². The van der Waals surface area contributed by atoms with Gasteiger partial charge in [-0.15, -0.1) is 11.3 Å². The van der Waals surface area contributed by atoms with Crippen molar-refractivity contribution < 1.29 is 13.6 Å². The molecule has 0 fully saturated rings. The lowest BCUT2D eigenvalue weighted by Crippen LogP contribution is -2.12. The summed E-state index contributed by atoms with van der Waals surface area (Å²) in [7, 11) is 0. The topological polar surface area (TPSA) is 29.1 Å². The molecular formula is C11H7F2NOS. The molecule has 0 saturated heterocycles. The van der Waals surface area contributed by atoms with Gasteiger partial charge in [0.25, 0.3) is 5.91 Å². The molecule has 0 saturated carbocycles. The molecule has 2 nitrogen and oxygen atoms in total. The van der Waals surface area contributed by atoms with Crippen molar-refractivity contribution >= 4 is 22.9 Å². The summed E-state index contributed by atoms with van der Waals surface area (Å²) >= 11 is 1.21. The Morgan fingerprint density at radius 1 is 1.12 bits per heavy atom. The zero-order chi connectivity index (χ0) is 11.5. The molecule has 1 amide bonds. The number of benzene rings is 1. The molecule has 0 unspecified atom stereocenters. The Morgan fingerprint density at radius 3 is 2.38 bits per heavy atom. The SMILES string of the molecule is O=C(Nc1c(F)cccc1F)c1cccs1. The molecular weight excluding hydrogens is 232 g/mol. The van der Waals surface area contributed by atoms with Gasteiger partial charge in [0, 0.05) is 0 Å². The van der Waals surface area contributed by atoms with E-state index in [1.165, 1.54) is 17.4 Å². The Hall–Kier alpha value is -1.75. The minimum atomic E-state index is -0.787. The van der Waals surface area contributed by atoms with E-state index >= 15 is 0 Å². The van der Waals surface area contributed by atoms with E-state index in [1.807, 2.05) is 0 Å². The largest absolute Gasteiger partial charge is 0.316 e. The van der Waals surface area contributed by atoms with Crippen LogP contribution in [-0.4, -0.2) is 5.91 Å². The zero-order valence-electron chi connectivity index (χ0n) is 8.04. The first kappa shape index (κ1) is 10.8. The third-order valence-corrected chi connectivity index (χ3v) is 2.81. The van der Waals surface area contributed by atoms with Crippen LogP contribution in [0, 0.1) is 11.6 Å². The third-order valence-electron chi connectivity index (χ3n) is 1.95. The van der Waals surface area contributed by atoms with Crippen LogP contribution in [-0.2, 0) is 0 Å². The second kappa shape index (κ2) is 4.40. The number of hydrogen-bond donors (Lipinski definition) is 1. The highest BCUT2D eigenvalue weighted by atomic mass is 32.1. The Morgan fingerprint density at radius 2 is 1.81 bits per heavy atom. The first-order valence-electron chi connectivity index (χ1n) is 4.47. The minimum absolute atomic E-state index is 0.405. The number of para-hydroxylation sites is 1. The number of amides is 1. The van der Waals surface area contributed by atoms with E-state index in [0.29, 0.717) is 4.88 Å². The molecule has 5 heteroatoms. The van der Waals surface area contributed by atoms with E-state index in [2.05, 4.69) is 5.32 Å². The maximum absolute atomic E-state index is 13.2. The molecule has 2 aromatic rings. The quantitative estimate of drug-likeness (QED) is 0.856. The summed E-state index contributed by atoms with van der Waals surface area (Å²) < 4.78 is 26.4. The summed E-state index contributed by atoms with van der Waals surface area (Å²) in [5.41, 5.74) is -0.416. The van der Waals surface area contributed by atoms with Gasteiger partial charge in [0.2, 0.25) is 0 Å². The van der Waals surface area contributed by atoms with Crippen molar-refractivity contribution in [2.45, 2.75) is 0 Å². The van der Waals surface area contributed by atoms with Crippen LogP contribution >= 0.6 is 11.3 Å². The van der Waals surface area contributed by atoms with E-state index in [-0.39, 0.29) is 0 Å². The summed E-state index contributed by atoms with van der Waals surface area (Å²) in [5.74, 6) is -2.09. The third kappa shape index (κ3) is 2.09. The Labute approximate surface area is 94.5 Å². The van der Waals surface area contributed by atoms with Crippen molar-refractivity contribution in [2.75, 3.05) is 5.32 Å². The molecule has 1 aromatic carbocycles. The molecule has 0 spiro atoms. The lowest BCUT2D eigenvalue weighted by molar-refractivity contribution is 0.102. The Kier molecular flexibility index (Phi) is 2.96. The zero-order valence-corrected chi connectivity index (χ0v) is 8.85. The monoisotopic (exact) mass is 239 g/mol. The summed E-state index contributed by atoms with van der Waals surface area (Å²) in [6.45, 7) is 0. The first-order valence-corrected chi connectivity index (χ1v) is 5.35. The predicted molar refractivity (Wildman–Crippen MR) is 58.6 cm³/mol. The minimum Gasteiger partial charge on any atom is -0.316 e. The normalized spacial score (nSPS) is 10.1. The number of rotatable bonds is 2. The predicted octanol–water partition coefficient (Wildman–Crippen LogP) is 3.28. The van der Waals surface area contributed by atoms with E-state index in [0.717, 1.165) is 12.1 Å². The van der Waals surface area contributed by atoms with Gasteiger partial charge in [0.05, 0.1) is 4.88 Å². The van der Waals surface area contributed by atoms with Crippen molar-refractivity contribution in [3.8, 4) is 0 Å². The molecule has 1 heterocycles. The van der Waals surface area contributed by atoms with Crippen molar-refractivity contribution in [3.05, 3.63) is 52.2 Å². The van der Waals surface area contributed by atoms with Gasteiger partial charge < -0.3 is 5.32 Å². The number of hydrogen-bond acceptors (Lipinski definition) is 2. The van der Waals surface area contributed by atoms with E-state index in [4.69, 9.17) is 0 Å². The van der Waals surface area contributed by atoms with Crippen LogP contribution in [0.3, 0.4) is 0 Å². The van der Waals surface area contributed by atoms with Gasteiger partial charge in [-0.3, -0.25) is 4.79 Å². The highest BCUT2D eigenvalue weighted by Gasteiger charge is 2.13. The van der Waals surface area contributed by atoms with Crippen LogP contribution in [0.5, 0.6) is 0 Å².